The van der Waals surface area contributed by atoms with Crippen LogP contribution in [0.4, 0.5) is 4.79 Å². The van der Waals surface area contributed by atoms with E-state index in [1.807, 2.05) is 64.4 Å². The molecule has 1 heterocycles. The maximum Gasteiger partial charge on any atom is 0.320 e. The molecule has 1 saturated heterocycles. The molecule has 29 heavy (non-hydrogen) atoms. The lowest BCUT2D eigenvalue weighted by atomic mass is 9.95. The normalized spacial score (nSPS) is 17.6. The van der Waals surface area contributed by atoms with Crippen molar-refractivity contribution in [1.29, 1.82) is 0 Å². The number of rotatable bonds is 6. The van der Waals surface area contributed by atoms with E-state index in [9.17, 15) is 9.59 Å². The van der Waals surface area contributed by atoms with Crippen LogP contribution in [-0.4, -0.2) is 40.9 Å². The molecule has 1 saturated carbocycles. The summed E-state index contributed by atoms with van der Waals surface area (Å²) in [5, 5.41) is 3.15. The first-order chi connectivity index (χ1) is 14.2. The Hall–Kier alpha value is -2.82. The highest BCUT2D eigenvalue weighted by Gasteiger charge is 2.28. The van der Waals surface area contributed by atoms with Gasteiger partial charge >= 0.3 is 6.03 Å². The third-order valence-electron chi connectivity index (χ3n) is 5.93. The van der Waals surface area contributed by atoms with Crippen LogP contribution in [0, 0.1) is 0 Å². The van der Waals surface area contributed by atoms with Crippen molar-refractivity contribution < 1.29 is 9.59 Å². The fraction of sp³-hybridized carbons (Fsp3) is 0.417. The third-order valence-corrected chi connectivity index (χ3v) is 5.93. The van der Waals surface area contributed by atoms with Gasteiger partial charge in [0, 0.05) is 37.8 Å². The summed E-state index contributed by atoms with van der Waals surface area (Å²) in [7, 11) is 0. The van der Waals surface area contributed by atoms with E-state index in [1.165, 1.54) is 19.3 Å². The molecule has 0 bridgehead atoms. The molecule has 0 radical (unpaired) electrons. The molecule has 5 nitrogen and oxygen atoms in total. The van der Waals surface area contributed by atoms with Crippen molar-refractivity contribution in [3.05, 3.63) is 71.3 Å². The van der Waals surface area contributed by atoms with Crippen LogP contribution >= 0.6 is 0 Å². The minimum absolute atomic E-state index is 0.00901. The number of nitrogens with one attached hydrogen (secondary N) is 1. The number of nitrogens with zero attached hydrogens (tertiary/aromatic N) is 2. The van der Waals surface area contributed by atoms with Crippen molar-refractivity contribution >= 4 is 11.9 Å². The van der Waals surface area contributed by atoms with Crippen molar-refractivity contribution in [1.82, 2.24) is 15.1 Å². The van der Waals surface area contributed by atoms with E-state index < -0.39 is 0 Å². The lowest BCUT2D eigenvalue weighted by molar-refractivity contribution is 0.0927. The van der Waals surface area contributed by atoms with Gasteiger partial charge in [-0.2, -0.15) is 0 Å². The molecular weight excluding hydrogens is 362 g/mol. The van der Waals surface area contributed by atoms with E-state index in [0.29, 0.717) is 24.7 Å². The Kier molecular flexibility index (Phi) is 6.13. The largest absolute Gasteiger partial charge is 0.349 e. The van der Waals surface area contributed by atoms with Gasteiger partial charge in [0.05, 0.1) is 0 Å². The second kappa shape index (κ2) is 9.12. The van der Waals surface area contributed by atoms with Crippen molar-refractivity contribution in [2.24, 2.45) is 0 Å². The van der Waals surface area contributed by atoms with Crippen LogP contribution < -0.4 is 5.32 Å². The minimum atomic E-state index is 0.00901. The molecule has 152 valence electrons. The van der Waals surface area contributed by atoms with E-state index in [-0.39, 0.29) is 11.9 Å². The van der Waals surface area contributed by atoms with Crippen LogP contribution in [0.1, 0.15) is 53.6 Å². The molecule has 1 N–H and O–H groups in total. The van der Waals surface area contributed by atoms with E-state index in [4.69, 9.17) is 0 Å². The molecule has 0 spiro atoms. The lowest BCUT2D eigenvalue weighted by Gasteiger charge is -2.22. The van der Waals surface area contributed by atoms with Gasteiger partial charge in [-0.15, -0.1) is 0 Å². The fourth-order valence-corrected chi connectivity index (χ4v) is 4.23. The predicted molar refractivity (Wildman–Crippen MR) is 113 cm³/mol. The molecule has 1 aliphatic heterocycles. The summed E-state index contributed by atoms with van der Waals surface area (Å²) in [6.45, 7) is 2.70. The highest BCUT2D eigenvalue weighted by Crippen LogP contribution is 2.19. The highest BCUT2D eigenvalue weighted by molar-refractivity contribution is 5.94. The standard InChI is InChI=1S/C24H29N3O2/c28-23(25-22-9-5-2-6-10-22)21-13-11-20(12-14-21)18-27-16-15-26(24(27)29)17-19-7-3-1-4-8-19/h1,3-4,7-8,11-14,22H,2,5-6,9-10,15-18H2,(H,25,28). The number of hydrogen-bond donors (Lipinski definition) is 1. The van der Waals surface area contributed by atoms with Gasteiger partial charge in [0.25, 0.3) is 5.91 Å². The molecular formula is C24H29N3O2. The summed E-state index contributed by atoms with van der Waals surface area (Å²) >= 11 is 0. The Balaban J connectivity index is 1.30. The van der Waals surface area contributed by atoms with Crippen molar-refractivity contribution in [2.45, 2.75) is 51.2 Å². The van der Waals surface area contributed by atoms with E-state index in [2.05, 4.69) is 5.32 Å². The molecule has 5 heteroatoms. The van der Waals surface area contributed by atoms with Crippen LogP contribution in [0.25, 0.3) is 0 Å². The number of benzene rings is 2. The van der Waals surface area contributed by atoms with E-state index >= 15 is 0 Å². The molecule has 4 rings (SSSR count). The lowest BCUT2D eigenvalue weighted by Crippen LogP contribution is -2.36. The summed E-state index contributed by atoms with van der Waals surface area (Å²) in [4.78, 5) is 28.9. The average molecular weight is 392 g/mol. The fourth-order valence-electron chi connectivity index (χ4n) is 4.23. The first-order valence-corrected chi connectivity index (χ1v) is 10.7. The first kappa shape index (κ1) is 19.5. The van der Waals surface area contributed by atoms with Gasteiger partial charge in [-0.05, 0) is 36.1 Å². The first-order valence-electron chi connectivity index (χ1n) is 10.7. The Morgan fingerprint density at radius 1 is 0.828 bits per heavy atom. The molecule has 2 aromatic rings. The maximum atomic E-state index is 12.7. The third kappa shape index (κ3) is 4.97. The SMILES string of the molecule is O=C(NC1CCCCC1)c1ccc(CN2CCN(Cc3ccccc3)C2=O)cc1. The molecule has 2 aliphatic rings. The molecule has 1 aliphatic carbocycles. The smallest absolute Gasteiger partial charge is 0.320 e. The second-order valence-electron chi connectivity index (χ2n) is 8.12. The van der Waals surface area contributed by atoms with Gasteiger partial charge in [-0.3, -0.25) is 4.79 Å². The topological polar surface area (TPSA) is 52.7 Å². The zero-order valence-electron chi connectivity index (χ0n) is 16.8. The zero-order valence-corrected chi connectivity index (χ0v) is 16.8. The number of urea groups is 1. The summed E-state index contributed by atoms with van der Waals surface area (Å²) in [5.74, 6) is 0.00901. The van der Waals surface area contributed by atoms with Crippen LogP contribution in [-0.2, 0) is 13.1 Å². The van der Waals surface area contributed by atoms with Gasteiger partial charge < -0.3 is 15.1 Å². The van der Waals surface area contributed by atoms with Crippen LogP contribution in [0.2, 0.25) is 0 Å². The molecule has 0 atom stereocenters. The van der Waals surface area contributed by atoms with Crippen LogP contribution in [0.3, 0.4) is 0 Å². The van der Waals surface area contributed by atoms with Crippen molar-refractivity contribution in [2.75, 3.05) is 13.1 Å². The second-order valence-corrected chi connectivity index (χ2v) is 8.12. The van der Waals surface area contributed by atoms with Crippen LogP contribution in [0.5, 0.6) is 0 Å². The molecule has 2 fully saturated rings. The minimum Gasteiger partial charge on any atom is -0.349 e. The summed E-state index contributed by atoms with van der Waals surface area (Å²) in [6, 6.07) is 18.1. The van der Waals surface area contributed by atoms with Crippen LogP contribution in [0.15, 0.2) is 54.6 Å². The molecule has 0 aromatic heterocycles. The Morgan fingerprint density at radius 3 is 2.03 bits per heavy atom. The number of amides is 3. The number of hydrogen-bond acceptors (Lipinski definition) is 2. The Morgan fingerprint density at radius 2 is 1.41 bits per heavy atom. The quantitative estimate of drug-likeness (QED) is 0.803. The monoisotopic (exact) mass is 391 g/mol. The zero-order chi connectivity index (χ0) is 20.1. The molecule has 0 unspecified atom stereocenters. The summed E-state index contributed by atoms with van der Waals surface area (Å²) in [5.41, 5.74) is 2.89. The van der Waals surface area contributed by atoms with E-state index in [0.717, 1.165) is 37.1 Å². The van der Waals surface area contributed by atoms with Gasteiger partial charge in [-0.1, -0.05) is 61.7 Å². The Bertz CT molecular complexity index is 829. The van der Waals surface area contributed by atoms with Gasteiger partial charge in [0.1, 0.15) is 0 Å². The van der Waals surface area contributed by atoms with Gasteiger partial charge in [0.2, 0.25) is 0 Å². The van der Waals surface area contributed by atoms with Crippen molar-refractivity contribution in [3.63, 3.8) is 0 Å². The molecule has 2 aromatic carbocycles. The Labute approximate surface area is 172 Å². The summed E-state index contributed by atoms with van der Waals surface area (Å²) < 4.78 is 0. The average Bonchev–Trinajstić information content (AvgIpc) is 3.09. The maximum absolute atomic E-state index is 12.7. The van der Waals surface area contributed by atoms with E-state index in [1.54, 1.807) is 0 Å². The highest BCUT2D eigenvalue weighted by atomic mass is 16.2. The number of carbonyl (C=O) groups excluding carboxylic acids is 2. The van der Waals surface area contributed by atoms with Gasteiger partial charge in [-0.25, -0.2) is 4.79 Å². The predicted octanol–water partition coefficient (Wildman–Crippen LogP) is 4.19. The number of carbonyl (C=O) groups is 2. The van der Waals surface area contributed by atoms with Crippen molar-refractivity contribution in [3.8, 4) is 0 Å². The summed E-state index contributed by atoms with van der Waals surface area (Å²) in [6.07, 6.45) is 5.85. The van der Waals surface area contributed by atoms with Gasteiger partial charge in [0.15, 0.2) is 0 Å². The molecule has 3 amide bonds.